The monoisotopic (exact) mass is 354 g/mol. The van der Waals surface area contributed by atoms with Crippen molar-refractivity contribution in [1.29, 1.82) is 0 Å². The molecule has 0 saturated heterocycles. The lowest BCUT2D eigenvalue weighted by Crippen LogP contribution is -2.10. The van der Waals surface area contributed by atoms with Crippen LogP contribution in [-0.4, -0.2) is 8.42 Å². The van der Waals surface area contributed by atoms with E-state index in [9.17, 15) is 17.6 Å². The van der Waals surface area contributed by atoms with Gasteiger partial charge in [0.15, 0.2) is 5.75 Å². The molecule has 0 aliphatic rings. The van der Waals surface area contributed by atoms with E-state index in [0.29, 0.717) is 5.39 Å². The Balaban J connectivity index is 2.02. The largest absolute Gasteiger partial charge is 0.423 e. The normalized spacial score (nSPS) is 11.6. The standard InChI is InChI=1S/C15H8ClFO5S/c16-12-8-10(17)2-4-14(12)22-23(19,20)11-3-5-13-9(7-11)1-6-15(18)21-13/h1-8H. The van der Waals surface area contributed by atoms with Gasteiger partial charge in [-0.3, -0.25) is 0 Å². The minimum absolute atomic E-state index is 0.153. The average molecular weight is 355 g/mol. The molecule has 5 nitrogen and oxygen atoms in total. The summed E-state index contributed by atoms with van der Waals surface area (Å²) in [5.74, 6) is -0.798. The summed E-state index contributed by atoms with van der Waals surface area (Å²) >= 11 is 5.76. The van der Waals surface area contributed by atoms with E-state index in [1.54, 1.807) is 0 Å². The van der Waals surface area contributed by atoms with Crippen molar-refractivity contribution in [2.45, 2.75) is 4.90 Å². The van der Waals surface area contributed by atoms with Crippen LogP contribution in [0.15, 0.2) is 62.6 Å². The van der Waals surface area contributed by atoms with Gasteiger partial charge in [-0.2, -0.15) is 8.42 Å². The molecule has 0 saturated carbocycles. The molecule has 0 radical (unpaired) electrons. The highest BCUT2D eigenvalue weighted by atomic mass is 35.5. The number of halogens is 2. The lowest BCUT2D eigenvalue weighted by molar-refractivity contribution is 0.485. The fraction of sp³-hybridized carbons (Fsp3) is 0. The summed E-state index contributed by atoms with van der Waals surface area (Å²) in [5.41, 5.74) is -0.293. The maximum absolute atomic E-state index is 13.0. The molecule has 0 N–H and O–H groups in total. The van der Waals surface area contributed by atoms with Crippen molar-refractivity contribution in [2.24, 2.45) is 0 Å². The molecule has 8 heteroatoms. The van der Waals surface area contributed by atoms with E-state index < -0.39 is 21.6 Å². The smallest absolute Gasteiger partial charge is 0.339 e. The van der Waals surface area contributed by atoms with Gasteiger partial charge in [0.25, 0.3) is 0 Å². The highest BCUT2D eigenvalue weighted by molar-refractivity contribution is 7.87. The summed E-state index contributed by atoms with van der Waals surface area (Å²) < 4.78 is 47.4. The molecule has 0 fully saturated rings. The molecular formula is C15H8ClFO5S. The van der Waals surface area contributed by atoms with Crippen LogP contribution >= 0.6 is 11.6 Å². The fourth-order valence-corrected chi connectivity index (χ4v) is 3.15. The lowest BCUT2D eigenvalue weighted by Gasteiger charge is -2.09. The van der Waals surface area contributed by atoms with E-state index in [1.807, 2.05) is 0 Å². The molecule has 0 atom stereocenters. The van der Waals surface area contributed by atoms with Crippen LogP contribution in [0.5, 0.6) is 5.75 Å². The lowest BCUT2D eigenvalue weighted by atomic mass is 10.2. The minimum Gasteiger partial charge on any atom is -0.423 e. The van der Waals surface area contributed by atoms with Gasteiger partial charge in [-0.1, -0.05) is 11.6 Å². The predicted molar refractivity (Wildman–Crippen MR) is 81.7 cm³/mol. The second-order valence-electron chi connectivity index (χ2n) is 4.57. The van der Waals surface area contributed by atoms with E-state index in [4.69, 9.17) is 20.2 Å². The first-order chi connectivity index (χ1) is 10.8. The summed E-state index contributed by atoms with van der Waals surface area (Å²) in [7, 11) is -4.18. The van der Waals surface area contributed by atoms with Gasteiger partial charge in [-0.05, 0) is 42.5 Å². The van der Waals surface area contributed by atoms with Crippen LogP contribution in [0, 0.1) is 5.82 Å². The zero-order valence-corrected chi connectivity index (χ0v) is 12.9. The van der Waals surface area contributed by atoms with Crippen molar-refractivity contribution in [3.05, 3.63) is 69.8 Å². The Labute approximate surface area is 135 Å². The van der Waals surface area contributed by atoms with Gasteiger partial charge in [0.2, 0.25) is 0 Å². The Kier molecular flexibility index (Phi) is 3.83. The Morgan fingerprint density at radius 2 is 1.83 bits per heavy atom. The van der Waals surface area contributed by atoms with Crippen LogP contribution in [0.1, 0.15) is 0 Å². The molecule has 2 aromatic carbocycles. The molecule has 0 unspecified atom stereocenters. The summed E-state index contributed by atoms with van der Waals surface area (Å²) in [6, 6.07) is 9.59. The zero-order chi connectivity index (χ0) is 16.6. The molecule has 1 aromatic heterocycles. The Morgan fingerprint density at radius 3 is 2.57 bits per heavy atom. The number of rotatable bonds is 3. The first kappa shape index (κ1) is 15.5. The minimum atomic E-state index is -4.18. The van der Waals surface area contributed by atoms with Gasteiger partial charge in [-0.15, -0.1) is 0 Å². The van der Waals surface area contributed by atoms with Crippen LogP contribution in [0.2, 0.25) is 5.02 Å². The van der Waals surface area contributed by atoms with Gasteiger partial charge >= 0.3 is 15.7 Å². The van der Waals surface area contributed by atoms with Crippen molar-refractivity contribution < 1.29 is 21.4 Å². The van der Waals surface area contributed by atoms with Gasteiger partial charge in [0.05, 0.1) is 5.02 Å². The van der Waals surface area contributed by atoms with Crippen molar-refractivity contribution in [1.82, 2.24) is 0 Å². The second-order valence-corrected chi connectivity index (χ2v) is 6.52. The summed E-state index contributed by atoms with van der Waals surface area (Å²) in [4.78, 5) is 11.0. The topological polar surface area (TPSA) is 73.6 Å². The molecular weight excluding hydrogens is 347 g/mol. The third kappa shape index (κ3) is 3.20. The van der Waals surface area contributed by atoms with Crippen LogP contribution in [0.25, 0.3) is 11.0 Å². The van der Waals surface area contributed by atoms with Crippen molar-refractivity contribution >= 4 is 32.7 Å². The van der Waals surface area contributed by atoms with E-state index in [-0.39, 0.29) is 21.3 Å². The molecule has 0 bridgehead atoms. The van der Waals surface area contributed by atoms with Gasteiger partial charge in [0.1, 0.15) is 16.3 Å². The third-order valence-corrected chi connectivity index (χ3v) is 4.50. The molecule has 0 aliphatic carbocycles. The second kappa shape index (κ2) is 5.68. The number of hydrogen-bond acceptors (Lipinski definition) is 5. The Hall–Kier alpha value is -2.38. The predicted octanol–water partition coefficient (Wildman–Crippen LogP) is 3.35. The van der Waals surface area contributed by atoms with Gasteiger partial charge in [0, 0.05) is 11.5 Å². The maximum atomic E-state index is 13.0. The third-order valence-electron chi connectivity index (χ3n) is 2.97. The molecule has 0 aliphatic heterocycles. The van der Waals surface area contributed by atoms with E-state index in [0.717, 1.165) is 18.2 Å². The molecule has 118 valence electrons. The quantitative estimate of drug-likeness (QED) is 0.532. The average Bonchev–Trinajstić information content (AvgIpc) is 2.49. The summed E-state index contributed by atoms with van der Waals surface area (Å²) in [5, 5.41) is 0.250. The number of benzene rings is 2. The van der Waals surface area contributed by atoms with Crippen LogP contribution < -0.4 is 9.81 Å². The highest BCUT2D eigenvalue weighted by Gasteiger charge is 2.19. The zero-order valence-electron chi connectivity index (χ0n) is 11.3. The first-order valence-corrected chi connectivity index (χ1v) is 8.07. The molecule has 0 amide bonds. The number of fused-ring (bicyclic) bond motifs is 1. The highest BCUT2D eigenvalue weighted by Crippen LogP contribution is 2.28. The molecule has 3 rings (SSSR count). The molecule has 1 heterocycles. The molecule has 0 spiro atoms. The van der Waals surface area contributed by atoms with Crippen LogP contribution in [-0.2, 0) is 10.1 Å². The van der Waals surface area contributed by atoms with E-state index in [2.05, 4.69) is 0 Å². The van der Waals surface area contributed by atoms with E-state index in [1.165, 1.54) is 30.3 Å². The Bertz CT molecular complexity index is 1060. The SMILES string of the molecule is O=c1ccc2cc(S(=O)(=O)Oc3ccc(F)cc3Cl)ccc2o1. The summed E-state index contributed by atoms with van der Waals surface area (Å²) in [6.07, 6.45) is 0. The fourth-order valence-electron chi connectivity index (χ4n) is 1.91. The van der Waals surface area contributed by atoms with Gasteiger partial charge in [-0.25, -0.2) is 9.18 Å². The molecule has 23 heavy (non-hydrogen) atoms. The van der Waals surface area contributed by atoms with Crippen LogP contribution in [0.3, 0.4) is 0 Å². The van der Waals surface area contributed by atoms with Crippen molar-refractivity contribution in [2.75, 3.05) is 0 Å². The van der Waals surface area contributed by atoms with Gasteiger partial charge < -0.3 is 8.60 Å². The molecule has 3 aromatic rings. The first-order valence-electron chi connectivity index (χ1n) is 6.29. The summed E-state index contributed by atoms with van der Waals surface area (Å²) in [6.45, 7) is 0. The maximum Gasteiger partial charge on any atom is 0.339 e. The van der Waals surface area contributed by atoms with Crippen molar-refractivity contribution in [3.8, 4) is 5.75 Å². The number of hydrogen-bond donors (Lipinski definition) is 0. The Morgan fingerprint density at radius 1 is 1.04 bits per heavy atom. The van der Waals surface area contributed by atoms with E-state index >= 15 is 0 Å². The van der Waals surface area contributed by atoms with Crippen molar-refractivity contribution in [3.63, 3.8) is 0 Å². The van der Waals surface area contributed by atoms with Crippen LogP contribution in [0.4, 0.5) is 4.39 Å².